The summed E-state index contributed by atoms with van der Waals surface area (Å²) in [6.45, 7) is 15.0. The number of aromatic nitrogens is 2. The average Bonchev–Trinajstić information content (AvgIpc) is 2.40. The van der Waals surface area contributed by atoms with Gasteiger partial charge in [-0.3, -0.25) is 13.9 Å². The van der Waals surface area contributed by atoms with Gasteiger partial charge in [0.2, 0.25) is 0 Å². The van der Waals surface area contributed by atoms with Crippen LogP contribution < -0.4 is 11.2 Å². The zero-order chi connectivity index (χ0) is 14.0. The fourth-order valence-electron chi connectivity index (χ4n) is 1.000. The summed E-state index contributed by atoms with van der Waals surface area (Å²) in [5.41, 5.74) is -0.321. The first-order valence-corrected chi connectivity index (χ1v) is 5.69. The summed E-state index contributed by atoms with van der Waals surface area (Å²) in [4.78, 5) is 22.6. The lowest BCUT2D eigenvalue weighted by molar-refractivity contribution is 0.739. The maximum Gasteiger partial charge on any atom is 0.335 e. The molecule has 0 aliphatic heterocycles. The van der Waals surface area contributed by atoms with Crippen LogP contribution in [-0.4, -0.2) is 9.13 Å². The predicted octanol–water partition coefficient (Wildman–Crippen LogP) is 2.34. The van der Waals surface area contributed by atoms with Gasteiger partial charge in [0.15, 0.2) is 0 Å². The van der Waals surface area contributed by atoms with Gasteiger partial charge in [-0.25, -0.2) is 4.79 Å². The van der Waals surface area contributed by atoms with Gasteiger partial charge >= 0.3 is 5.69 Å². The van der Waals surface area contributed by atoms with Crippen molar-refractivity contribution in [3.63, 3.8) is 0 Å². The van der Waals surface area contributed by atoms with Crippen LogP contribution in [0, 0.1) is 0 Å². The van der Waals surface area contributed by atoms with Gasteiger partial charge in [0.1, 0.15) is 0 Å². The maximum atomic E-state index is 11.4. The Morgan fingerprint density at radius 2 is 1.59 bits per heavy atom. The average molecular weight is 238 g/mol. The molecule has 0 amide bonds. The van der Waals surface area contributed by atoms with Gasteiger partial charge in [-0.1, -0.05) is 40.9 Å². The Hall–Kier alpha value is -1.84. The largest absolute Gasteiger partial charge is 0.335 e. The molecule has 17 heavy (non-hydrogen) atoms. The molecule has 0 atom stereocenters. The molecule has 1 aromatic rings. The van der Waals surface area contributed by atoms with E-state index >= 15 is 0 Å². The summed E-state index contributed by atoms with van der Waals surface area (Å²) in [6, 6.07) is 1.33. The van der Waals surface area contributed by atoms with Gasteiger partial charge in [0, 0.05) is 19.3 Å². The molecule has 0 N–H and O–H groups in total. The molecule has 1 aromatic heterocycles. The van der Waals surface area contributed by atoms with E-state index in [0.29, 0.717) is 5.69 Å². The Bertz CT molecular complexity index is 467. The standard InChI is InChI=1S/C9H10N2O2.2C2H6/c1-4-7-6-8(12)10(3)9(13)11(7)5-2;2*1-2/h4-6H,1-2H2,3H3;2*1-2H3. The molecular formula is C13H22N2O2. The molecule has 0 fully saturated rings. The van der Waals surface area contributed by atoms with Gasteiger partial charge in [0.25, 0.3) is 5.56 Å². The van der Waals surface area contributed by atoms with Crippen LogP contribution >= 0.6 is 0 Å². The molecule has 4 nitrogen and oxygen atoms in total. The zero-order valence-corrected chi connectivity index (χ0v) is 11.4. The smallest absolute Gasteiger partial charge is 0.270 e. The fraction of sp³-hybridized carbons (Fsp3) is 0.385. The summed E-state index contributed by atoms with van der Waals surface area (Å²) >= 11 is 0. The molecule has 0 unspecified atom stereocenters. The molecule has 1 heterocycles. The Morgan fingerprint density at radius 1 is 1.12 bits per heavy atom. The topological polar surface area (TPSA) is 44.0 Å². The van der Waals surface area contributed by atoms with Gasteiger partial charge in [-0.15, -0.1) is 0 Å². The maximum absolute atomic E-state index is 11.4. The van der Waals surface area contributed by atoms with Crippen molar-refractivity contribution in [3.05, 3.63) is 45.8 Å². The minimum atomic E-state index is -0.419. The molecule has 0 aromatic carbocycles. The van der Waals surface area contributed by atoms with E-state index in [1.165, 1.54) is 30.0 Å². The van der Waals surface area contributed by atoms with E-state index < -0.39 is 5.69 Å². The monoisotopic (exact) mass is 238 g/mol. The second kappa shape index (κ2) is 9.39. The molecule has 1 rings (SSSR count). The van der Waals surface area contributed by atoms with E-state index in [4.69, 9.17) is 0 Å². The number of rotatable bonds is 2. The SMILES string of the molecule is C=Cc1cc(=O)n(C)c(=O)n1C=C.CC.CC. The van der Waals surface area contributed by atoms with E-state index in [1.807, 2.05) is 27.7 Å². The van der Waals surface area contributed by atoms with Crippen LogP contribution in [0.25, 0.3) is 12.3 Å². The third-order valence-electron chi connectivity index (χ3n) is 1.76. The molecule has 96 valence electrons. The van der Waals surface area contributed by atoms with Crippen molar-refractivity contribution in [3.8, 4) is 0 Å². The Kier molecular flexibility index (Phi) is 9.70. The van der Waals surface area contributed by atoms with Crippen LogP contribution in [0.3, 0.4) is 0 Å². The third-order valence-corrected chi connectivity index (χ3v) is 1.76. The van der Waals surface area contributed by atoms with Crippen LogP contribution in [0.2, 0.25) is 0 Å². The Labute approximate surface area is 103 Å². The van der Waals surface area contributed by atoms with Gasteiger partial charge in [0.05, 0.1) is 5.69 Å². The molecular weight excluding hydrogens is 216 g/mol. The van der Waals surface area contributed by atoms with Crippen LogP contribution in [-0.2, 0) is 7.05 Å². The molecule has 0 saturated heterocycles. The second-order valence-corrected chi connectivity index (χ2v) is 2.51. The number of hydrogen-bond donors (Lipinski definition) is 0. The minimum Gasteiger partial charge on any atom is -0.270 e. The van der Waals surface area contributed by atoms with Gasteiger partial charge < -0.3 is 0 Å². The number of hydrogen-bond acceptors (Lipinski definition) is 2. The van der Waals surface area contributed by atoms with E-state index in [1.54, 1.807) is 0 Å². The quantitative estimate of drug-likeness (QED) is 0.793. The first-order chi connectivity index (χ1) is 8.11. The zero-order valence-electron chi connectivity index (χ0n) is 11.4. The minimum absolute atomic E-state index is 0.349. The molecule has 0 aliphatic rings. The first-order valence-electron chi connectivity index (χ1n) is 5.69. The van der Waals surface area contributed by atoms with Crippen LogP contribution in [0.15, 0.2) is 28.8 Å². The van der Waals surface area contributed by atoms with Crippen molar-refractivity contribution in [1.29, 1.82) is 0 Å². The summed E-state index contributed by atoms with van der Waals surface area (Å²) in [6.07, 6.45) is 2.78. The van der Waals surface area contributed by atoms with Crippen LogP contribution in [0.1, 0.15) is 33.4 Å². The lowest BCUT2D eigenvalue weighted by Gasteiger charge is -2.04. The highest BCUT2D eigenvalue weighted by Crippen LogP contribution is 1.93. The number of nitrogens with zero attached hydrogens (tertiary/aromatic N) is 2. The first kappa shape index (κ1) is 17.6. The van der Waals surface area contributed by atoms with E-state index in [9.17, 15) is 9.59 Å². The normalized spacial score (nSPS) is 8.06. The van der Waals surface area contributed by atoms with Crippen molar-refractivity contribution in [1.82, 2.24) is 9.13 Å². The summed E-state index contributed by atoms with van der Waals surface area (Å²) in [7, 11) is 1.41. The van der Waals surface area contributed by atoms with Crippen molar-refractivity contribution in [2.24, 2.45) is 7.05 Å². The van der Waals surface area contributed by atoms with Crippen LogP contribution in [0.5, 0.6) is 0 Å². The lowest BCUT2D eigenvalue weighted by atomic mass is 10.4. The van der Waals surface area contributed by atoms with E-state index in [2.05, 4.69) is 13.2 Å². The van der Waals surface area contributed by atoms with Gasteiger partial charge in [-0.05, 0) is 6.08 Å². The van der Waals surface area contributed by atoms with E-state index in [-0.39, 0.29) is 5.56 Å². The van der Waals surface area contributed by atoms with Gasteiger partial charge in [-0.2, -0.15) is 0 Å². The summed E-state index contributed by atoms with van der Waals surface area (Å²) in [5, 5.41) is 0. The molecule has 0 radical (unpaired) electrons. The molecule has 4 heteroatoms. The second-order valence-electron chi connectivity index (χ2n) is 2.51. The molecule has 0 bridgehead atoms. The fourth-order valence-corrected chi connectivity index (χ4v) is 1.000. The van der Waals surface area contributed by atoms with E-state index in [0.717, 1.165) is 4.57 Å². The summed E-state index contributed by atoms with van der Waals surface area (Å²) in [5.74, 6) is 0. The Morgan fingerprint density at radius 3 is 1.94 bits per heavy atom. The predicted molar refractivity (Wildman–Crippen MR) is 75.1 cm³/mol. The van der Waals surface area contributed by atoms with Crippen molar-refractivity contribution < 1.29 is 0 Å². The van der Waals surface area contributed by atoms with Crippen LogP contribution in [0.4, 0.5) is 0 Å². The lowest BCUT2D eigenvalue weighted by Crippen LogP contribution is -2.36. The highest BCUT2D eigenvalue weighted by molar-refractivity contribution is 5.45. The Balaban J connectivity index is 0. The molecule has 0 aliphatic carbocycles. The molecule has 0 saturated carbocycles. The highest BCUT2D eigenvalue weighted by atomic mass is 16.2. The van der Waals surface area contributed by atoms with Crippen molar-refractivity contribution in [2.45, 2.75) is 27.7 Å². The van der Waals surface area contributed by atoms with Crippen molar-refractivity contribution in [2.75, 3.05) is 0 Å². The highest BCUT2D eigenvalue weighted by Gasteiger charge is 2.02. The third kappa shape index (κ3) is 4.26. The summed E-state index contributed by atoms with van der Waals surface area (Å²) < 4.78 is 2.27. The molecule has 0 spiro atoms. The van der Waals surface area contributed by atoms with Crippen molar-refractivity contribution >= 4 is 12.3 Å².